The van der Waals surface area contributed by atoms with Gasteiger partial charge in [0.05, 0.1) is 17.9 Å². The van der Waals surface area contributed by atoms with Gasteiger partial charge in [-0.2, -0.15) is 11.8 Å². The topological polar surface area (TPSA) is 64.1 Å². The third kappa shape index (κ3) is 5.77. The van der Waals surface area contributed by atoms with Crippen LogP contribution in [0.25, 0.3) is 0 Å². The molecule has 1 rings (SSSR count). The number of anilines is 1. The maximum absolute atomic E-state index is 11.6. The lowest BCUT2D eigenvalue weighted by Gasteiger charge is -2.08. The molecule has 0 aliphatic rings. The second kappa shape index (κ2) is 9.58. The van der Waals surface area contributed by atoms with Crippen LogP contribution in [-0.2, 0) is 4.74 Å². The van der Waals surface area contributed by atoms with E-state index in [9.17, 15) is 4.79 Å². The zero-order valence-corrected chi connectivity index (χ0v) is 13.3. The van der Waals surface area contributed by atoms with Gasteiger partial charge in [0.25, 0.3) is 0 Å². The van der Waals surface area contributed by atoms with Crippen LogP contribution in [0.2, 0.25) is 0 Å². The van der Waals surface area contributed by atoms with E-state index in [-0.39, 0.29) is 5.97 Å². The van der Waals surface area contributed by atoms with E-state index in [2.05, 4.69) is 21.5 Å². The SMILES string of the molecule is CCOC(=O)c1cnc(NCCCCCSC)nc1C. The molecular formula is C14H23N3O2S. The van der Waals surface area contributed by atoms with Gasteiger partial charge in [-0.05, 0) is 38.7 Å². The molecule has 0 saturated carbocycles. The molecular weight excluding hydrogens is 274 g/mol. The largest absolute Gasteiger partial charge is 0.462 e. The Morgan fingerprint density at radius 3 is 2.85 bits per heavy atom. The minimum atomic E-state index is -0.367. The first-order valence-electron chi connectivity index (χ1n) is 6.92. The van der Waals surface area contributed by atoms with Crippen molar-refractivity contribution in [2.45, 2.75) is 33.1 Å². The summed E-state index contributed by atoms with van der Waals surface area (Å²) in [6.07, 6.45) is 7.19. The first-order chi connectivity index (χ1) is 9.69. The molecule has 0 fully saturated rings. The minimum Gasteiger partial charge on any atom is -0.462 e. The molecule has 20 heavy (non-hydrogen) atoms. The second-order valence-corrected chi connectivity index (χ2v) is 5.38. The number of unbranched alkanes of at least 4 members (excludes halogenated alkanes) is 2. The van der Waals surface area contributed by atoms with Gasteiger partial charge in [-0.25, -0.2) is 14.8 Å². The van der Waals surface area contributed by atoms with Crippen molar-refractivity contribution in [3.8, 4) is 0 Å². The number of aromatic nitrogens is 2. The van der Waals surface area contributed by atoms with E-state index in [1.165, 1.54) is 24.8 Å². The summed E-state index contributed by atoms with van der Waals surface area (Å²) in [6, 6.07) is 0. The maximum Gasteiger partial charge on any atom is 0.341 e. The van der Waals surface area contributed by atoms with E-state index in [1.807, 2.05) is 11.8 Å². The quantitative estimate of drug-likeness (QED) is 0.558. The summed E-state index contributed by atoms with van der Waals surface area (Å²) < 4.78 is 4.94. The molecule has 0 amide bonds. The lowest BCUT2D eigenvalue weighted by Crippen LogP contribution is -2.11. The smallest absolute Gasteiger partial charge is 0.341 e. The van der Waals surface area contributed by atoms with Crippen LogP contribution in [0.3, 0.4) is 0 Å². The number of aryl methyl sites for hydroxylation is 1. The van der Waals surface area contributed by atoms with Crippen molar-refractivity contribution in [1.82, 2.24) is 9.97 Å². The molecule has 0 aliphatic carbocycles. The summed E-state index contributed by atoms with van der Waals surface area (Å²) >= 11 is 1.88. The van der Waals surface area contributed by atoms with Crippen LogP contribution in [-0.4, -0.2) is 41.1 Å². The fourth-order valence-corrected chi connectivity index (χ4v) is 2.20. The van der Waals surface area contributed by atoms with E-state index < -0.39 is 0 Å². The fourth-order valence-electron chi connectivity index (χ4n) is 1.71. The number of thioether (sulfide) groups is 1. The van der Waals surface area contributed by atoms with Crippen molar-refractivity contribution in [2.75, 3.05) is 30.5 Å². The molecule has 0 aromatic carbocycles. The Hall–Kier alpha value is -1.30. The average molecular weight is 297 g/mol. The highest BCUT2D eigenvalue weighted by Crippen LogP contribution is 2.09. The molecule has 1 N–H and O–H groups in total. The van der Waals surface area contributed by atoms with Crippen LogP contribution in [0.4, 0.5) is 5.95 Å². The highest BCUT2D eigenvalue weighted by atomic mass is 32.2. The molecule has 1 heterocycles. The predicted octanol–water partition coefficient (Wildman–Crippen LogP) is 2.91. The Balaban J connectivity index is 2.41. The number of rotatable bonds is 9. The van der Waals surface area contributed by atoms with Crippen molar-refractivity contribution >= 4 is 23.7 Å². The summed E-state index contributed by atoms with van der Waals surface area (Å²) in [5, 5.41) is 3.18. The zero-order chi connectivity index (χ0) is 14.8. The third-order valence-electron chi connectivity index (χ3n) is 2.78. The van der Waals surface area contributed by atoms with Gasteiger partial charge >= 0.3 is 5.97 Å². The number of nitrogens with zero attached hydrogens (tertiary/aromatic N) is 2. The summed E-state index contributed by atoms with van der Waals surface area (Å²) in [6.45, 7) is 4.78. The number of nitrogens with one attached hydrogen (secondary N) is 1. The lowest BCUT2D eigenvalue weighted by molar-refractivity contribution is 0.0524. The number of esters is 1. The van der Waals surface area contributed by atoms with E-state index >= 15 is 0 Å². The van der Waals surface area contributed by atoms with Crippen molar-refractivity contribution in [3.05, 3.63) is 17.5 Å². The number of carbonyl (C=O) groups excluding carboxylic acids is 1. The van der Waals surface area contributed by atoms with Crippen molar-refractivity contribution in [3.63, 3.8) is 0 Å². The number of ether oxygens (including phenoxy) is 1. The van der Waals surface area contributed by atoms with Crippen LogP contribution < -0.4 is 5.32 Å². The Labute approximate surface area is 124 Å². The predicted molar refractivity (Wildman–Crippen MR) is 83.4 cm³/mol. The first kappa shape index (κ1) is 16.8. The summed E-state index contributed by atoms with van der Waals surface area (Å²) in [5.41, 5.74) is 1.07. The van der Waals surface area contributed by atoms with E-state index in [4.69, 9.17) is 4.74 Å². The molecule has 0 aliphatic heterocycles. The molecule has 0 atom stereocenters. The normalized spacial score (nSPS) is 10.3. The molecule has 1 aromatic heterocycles. The van der Waals surface area contributed by atoms with E-state index in [0.717, 1.165) is 13.0 Å². The summed E-state index contributed by atoms with van der Waals surface area (Å²) in [5.74, 6) is 1.41. The van der Waals surface area contributed by atoms with Gasteiger partial charge in [0.2, 0.25) is 5.95 Å². The molecule has 0 saturated heterocycles. The number of carbonyl (C=O) groups is 1. The molecule has 1 aromatic rings. The van der Waals surface area contributed by atoms with E-state index in [0.29, 0.717) is 23.8 Å². The van der Waals surface area contributed by atoms with Gasteiger partial charge in [-0.1, -0.05) is 6.42 Å². The molecule has 0 spiro atoms. The number of hydrogen-bond acceptors (Lipinski definition) is 6. The summed E-state index contributed by atoms with van der Waals surface area (Å²) in [4.78, 5) is 20.0. The molecule has 0 bridgehead atoms. The minimum absolute atomic E-state index is 0.355. The fraction of sp³-hybridized carbons (Fsp3) is 0.643. The molecule has 0 radical (unpaired) electrons. The van der Waals surface area contributed by atoms with Gasteiger partial charge in [-0.3, -0.25) is 0 Å². The van der Waals surface area contributed by atoms with Crippen LogP contribution >= 0.6 is 11.8 Å². The van der Waals surface area contributed by atoms with Gasteiger partial charge in [-0.15, -0.1) is 0 Å². The van der Waals surface area contributed by atoms with Gasteiger partial charge in [0.15, 0.2) is 0 Å². The first-order valence-corrected chi connectivity index (χ1v) is 8.32. The van der Waals surface area contributed by atoms with Crippen LogP contribution in [0.5, 0.6) is 0 Å². The van der Waals surface area contributed by atoms with Gasteiger partial charge < -0.3 is 10.1 Å². The molecule has 6 heteroatoms. The van der Waals surface area contributed by atoms with Crippen LogP contribution in [0.1, 0.15) is 42.2 Å². The molecule has 0 unspecified atom stereocenters. The Morgan fingerprint density at radius 2 is 2.20 bits per heavy atom. The maximum atomic E-state index is 11.6. The Kier molecular flexibility index (Phi) is 8.02. The highest BCUT2D eigenvalue weighted by molar-refractivity contribution is 7.98. The average Bonchev–Trinajstić information content (AvgIpc) is 2.43. The summed E-state index contributed by atoms with van der Waals surface area (Å²) in [7, 11) is 0. The highest BCUT2D eigenvalue weighted by Gasteiger charge is 2.12. The van der Waals surface area contributed by atoms with Gasteiger partial charge in [0, 0.05) is 12.7 Å². The lowest BCUT2D eigenvalue weighted by atomic mass is 10.2. The van der Waals surface area contributed by atoms with Crippen LogP contribution in [0, 0.1) is 6.92 Å². The monoisotopic (exact) mass is 297 g/mol. The van der Waals surface area contributed by atoms with Crippen molar-refractivity contribution in [1.29, 1.82) is 0 Å². The number of hydrogen-bond donors (Lipinski definition) is 1. The molecule has 112 valence electrons. The standard InChI is InChI=1S/C14H23N3O2S/c1-4-19-13(18)12-10-16-14(17-11(12)2)15-8-6-5-7-9-20-3/h10H,4-9H2,1-3H3,(H,15,16,17). The Morgan fingerprint density at radius 1 is 1.40 bits per heavy atom. The Bertz CT molecular complexity index is 427. The molecule has 5 nitrogen and oxygen atoms in total. The second-order valence-electron chi connectivity index (χ2n) is 4.39. The third-order valence-corrected chi connectivity index (χ3v) is 3.48. The zero-order valence-electron chi connectivity index (χ0n) is 12.4. The van der Waals surface area contributed by atoms with Crippen molar-refractivity contribution < 1.29 is 9.53 Å². The van der Waals surface area contributed by atoms with Crippen LogP contribution in [0.15, 0.2) is 6.20 Å². The van der Waals surface area contributed by atoms with Gasteiger partial charge in [0.1, 0.15) is 0 Å². The van der Waals surface area contributed by atoms with Crippen molar-refractivity contribution in [2.24, 2.45) is 0 Å². The van der Waals surface area contributed by atoms with E-state index in [1.54, 1.807) is 13.8 Å².